The van der Waals surface area contributed by atoms with Crippen molar-refractivity contribution in [3.63, 3.8) is 0 Å². The van der Waals surface area contributed by atoms with Crippen LogP contribution in [-0.4, -0.2) is 7.11 Å². The fourth-order valence-corrected chi connectivity index (χ4v) is 0.666. The number of nitrogens with zero attached hydrogens (tertiary/aromatic N) is 1. The van der Waals surface area contributed by atoms with Gasteiger partial charge in [0.2, 0.25) is 0 Å². The van der Waals surface area contributed by atoms with E-state index in [2.05, 4.69) is 0 Å². The van der Waals surface area contributed by atoms with Gasteiger partial charge in [0, 0.05) is 17.1 Å². The third kappa shape index (κ3) is 2.63. The quantitative estimate of drug-likeness (QED) is 0.639. The first-order chi connectivity index (χ1) is 4.86. The monoisotopic (exact) mass is 196 g/mol. The maximum absolute atomic E-state index is 8.41. The van der Waals surface area contributed by atoms with Crippen molar-refractivity contribution in [2.24, 2.45) is 0 Å². The van der Waals surface area contributed by atoms with E-state index in [1.165, 1.54) is 0 Å². The molecule has 0 heterocycles. The number of methoxy groups -OCH3 is 1. The summed E-state index contributed by atoms with van der Waals surface area (Å²) in [6.45, 7) is 0. The predicted octanol–water partition coefficient (Wildman–Crippen LogP) is 1.56. The zero-order valence-corrected chi connectivity index (χ0v) is 6.91. The van der Waals surface area contributed by atoms with Crippen LogP contribution in [0.3, 0.4) is 0 Å². The first-order valence-corrected chi connectivity index (χ1v) is 2.91. The average Bonchev–Trinajstić information content (AvgIpc) is 2.05. The zero-order valence-electron chi connectivity index (χ0n) is 5.97. The van der Waals surface area contributed by atoms with Crippen molar-refractivity contribution in [2.75, 3.05) is 7.11 Å². The van der Waals surface area contributed by atoms with Gasteiger partial charge in [-0.3, -0.25) is 0 Å². The van der Waals surface area contributed by atoms with Crippen molar-refractivity contribution in [2.45, 2.75) is 0 Å². The van der Waals surface area contributed by atoms with Crippen molar-refractivity contribution < 1.29 is 21.8 Å². The zero-order chi connectivity index (χ0) is 7.40. The molecular weight excluding hydrogens is 190 g/mol. The standard InChI is InChI=1S/C8H7NO.Cu/c1-10-8-4-2-7(6-9)3-5-8;/h2-5H,1H3;. The van der Waals surface area contributed by atoms with Crippen LogP contribution in [-0.2, 0) is 17.1 Å². The van der Waals surface area contributed by atoms with Crippen LogP contribution < -0.4 is 4.74 Å². The van der Waals surface area contributed by atoms with E-state index in [0.29, 0.717) is 5.56 Å². The Morgan fingerprint density at radius 1 is 1.27 bits per heavy atom. The molecule has 0 aliphatic heterocycles. The Morgan fingerprint density at radius 2 is 1.82 bits per heavy atom. The van der Waals surface area contributed by atoms with E-state index in [1.54, 1.807) is 31.4 Å². The molecule has 11 heavy (non-hydrogen) atoms. The minimum Gasteiger partial charge on any atom is -0.497 e. The molecule has 0 aliphatic carbocycles. The largest absolute Gasteiger partial charge is 0.497 e. The van der Waals surface area contributed by atoms with Gasteiger partial charge in [-0.1, -0.05) is 0 Å². The first kappa shape index (κ1) is 10.0. The summed E-state index contributed by atoms with van der Waals surface area (Å²) >= 11 is 0. The minimum absolute atomic E-state index is 0. The number of benzene rings is 1. The van der Waals surface area contributed by atoms with Gasteiger partial charge in [-0.05, 0) is 24.3 Å². The van der Waals surface area contributed by atoms with Crippen molar-refractivity contribution in [1.29, 1.82) is 5.26 Å². The van der Waals surface area contributed by atoms with E-state index in [0.717, 1.165) is 5.75 Å². The van der Waals surface area contributed by atoms with Gasteiger partial charge in [-0.15, -0.1) is 0 Å². The van der Waals surface area contributed by atoms with Gasteiger partial charge in [0.1, 0.15) is 5.75 Å². The number of ether oxygens (including phenoxy) is 1. The second-order valence-electron chi connectivity index (χ2n) is 1.84. The number of hydrogen-bond acceptors (Lipinski definition) is 2. The summed E-state index contributed by atoms with van der Waals surface area (Å²) in [5, 5.41) is 8.41. The van der Waals surface area contributed by atoms with Crippen molar-refractivity contribution in [1.82, 2.24) is 0 Å². The van der Waals surface area contributed by atoms with Crippen molar-refractivity contribution >= 4 is 0 Å². The van der Waals surface area contributed by atoms with Crippen LogP contribution in [0.25, 0.3) is 0 Å². The molecule has 0 N–H and O–H groups in total. The molecule has 61 valence electrons. The SMILES string of the molecule is COc1ccc(C#N)cc1.[Cu]. The molecule has 0 saturated heterocycles. The van der Waals surface area contributed by atoms with Gasteiger partial charge in [0.25, 0.3) is 0 Å². The van der Waals surface area contributed by atoms with E-state index in [4.69, 9.17) is 10.00 Å². The van der Waals surface area contributed by atoms with E-state index < -0.39 is 0 Å². The maximum atomic E-state index is 8.41. The second kappa shape index (κ2) is 4.79. The summed E-state index contributed by atoms with van der Waals surface area (Å²) in [5.41, 5.74) is 0.654. The topological polar surface area (TPSA) is 33.0 Å². The number of rotatable bonds is 1. The molecule has 0 unspecified atom stereocenters. The summed E-state index contributed by atoms with van der Waals surface area (Å²) in [6, 6.07) is 8.99. The Labute approximate surface area is 76.3 Å². The van der Waals surface area contributed by atoms with Crippen LogP contribution in [0.2, 0.25) is 0 Å². The molecule has 3 heteroatoms. The maximum Gasteiger partial charge on any atom is 0.118 e. The fraction of sp³-hybridized carbons (Fsp3) is 0.125. The summed E-state index contributed by atoms with van der Waals surface area (Å²) in [5.74, 6) is 0.777. The second-order valence-corrected chi connectivity index (χ2v) is 1.84. The molecule has 2 nitrogen and oxygen atoms in total. The molecule has 1 aromatic carbocycles. The molecule has 0 amide bonds. The van der Waals surface area contributed by atoms with E-state index in [1.807, 2.05) is 6.07 Å². The molecule has 0 fully saturated rings. The van der Waals surface area contributed by atoms with Crippen molar-refractivity contribution in [3.05, 3.63) is 29.8 Å². The molecule has 0 bridgehead atoms. The van der Waals surface area contributed by atoms with Crippen LogP contribution in [0.15, 0.2) is 24.3 Å². The van der Waals surface area contributed by atoms with Crippen LogP contribution in [0.5, 0.6) is 5.75 Å². The Hall–Kier alpha value is -0.971. The fourth-order valence-electron chi connectivity index (χ4n) is 0.666. The third-order valence-corrected chi connectivity index (χ3v) is 1.22. The Balaban J connectivity index is 0.000001000. The summed E-state index contributed by atoms with van der Waals surface area (Å²) < 4.78 is 4.90. The Bertz CT molecular complexity index is 250. The Kier molecular flexibility index (Phi) is 4.36. The van der Waals surface area contributed by atoms with Gasteiger partial charge in [0.05, 0.1) is 18.7 Å². The normalized spacial score (nSPS) is 7.64. The average molecular weight is 197 g/mol. The Morgan fingerprint density at radius 3 is 2.18 bits per heavy atom. The van der Waals surface area contributed by atoms with E-state index in [-0.39, 0.29) is 17.1 Å². The molecule has 1 aromatic rings. The third-order valence-electron chi connectivity index (χ3n) is 1.22. The molecule has 0 saturated carbocycles. The van der Waals surface area contributed by atoms with Crippen LogP contribution in [0, 0.1) is 11.3 Å². The number of hydrogen-bond donors (Lipinski definition) is 0. The summed E-state index contributed by atoms with van der Waals surface area (Å²) in [4.78, 5) is 0. The van der Waals surface area contributed by atoms with Crippen LogP contribution in [0.4, 0.5) is 0 Å². The van der Waals surface area contributed by atoms with Gasteiger partial charge in [-0.2, -0.15) is 5.26 Å². The summed E-state index contributed by atoms with van der Waals surface area (Å²) in [7, 11) is 1.60. The van der Waals surface area contributed by atoms with Crippen LogP contribution >= 0.6 is 0 Å². The predicted molar refractivity (Wildman–Crippen MR) is 37.7 cm³/mol. The molecule has 0 aromatic heterocycles. The molecule has 0 aliphatic rings. The summed E-state index contributed by atoms with van der Waals surface area (Å²) in [6.07, 6.45) is 0. The molecule has 1 rings (SSSR count). The molecule has 0 spiro atoms. The molecule has 0 atom stereocenters. The van der Waals surface area contributed by atoms with Gasteiger partial charge in [-0.25, -0.2) is 0 Å². The molecular formula is C8H7CuNO. The van der Waals surface area contributed by atoms with Gasteiger partial charge >= 0.3 is 0 Å². The van der Waals surface area contributed by atoms with E-state index >= 15 is 0 Å². The first-order valence-electron chi connectivity index (χ1n) is 2.91. The van der Waals surface area contributed by atoms with E-state index in [9.17, 15) is 0 Å². The molecule has 1 radical (unpaired) electrons. The van der Waals surface area contributed by atoms with Gasteiger partial charge < -0.3 is 4.74 Å². The van der Waals surface area contributed by atoms with Crippen molar-refractivity contribution in [3.8, 4) is 11.8 Å². The van der Waals surface area contributed by atoms with Gasteiger partial charge in [0.15, 0.2) is 0 Å². The number of nitriles is 1. The van der Waals surface area contributed by atoms with Crippen LogP contribution in [0.1, 0.15) is 5.56 Å². The smallest absolute Gasteiger partial charge is 0.118 e. The minimum atomic E-state index is 0.